The molecule has 0 radical (unpaired) electrons. The first-order valence-electron chi connectivity index (χ1n) is 4.87. The first-order chi connectivity index (χ1) is 6.87. The van der Waals surface area contributed by atoms with E-state index in [1.807, 2.05) is 24.4 Å². The van der Waals surface area contributed by atoms with Crippen LogP contribution in [0.15, 0.2) is 17.5 Å². The van der Waals surface area contributed by atoms with Crippen LogP contribution < -0.4 is 0 Å². The van der Waals surface area contributed by atoms with Crippen LogP contribution in [0.4, 0.5) is 0 Å². The number of hydrogen-bond donors (Lipinski definition) is 0. The van der Waals surface area contributed by atoms with Gasteiger partial charge in [0.15, 0.2) is 0 Å². The Kier molecular flexibility index (Phi) is 3.92. The maximum atomic E-state index is 11.9. The molecule has 0 aliphatic heterocycles. The summed E-state index contributed by atoms with van der Waals surface area (Å²) in [5.74, 6) is 0. The van der Waals surface area contributed by atoms with E-state index in [1.54, 1.807) is 32.2 Å². The lowest BCUT2D eigenvalue weighted by atomic mass is 10.3. The summed E-state index contributed by atoms with van der Waals surface area (Å²) in [5, 5.41) is 1.59. The average molecular weight is 247 g/mol. The van der Waals surface area contributed by atoms with E-state index < -0.39 is 10.0 Å². The lowest BCUT2D eigenvalue weighted by Crippen LogP contribution is -2.34. The Morgan fingerprint density at radius 3 is 2.33 bits per heavy atom. The molecule has 0 amide bonds. The van der Waals surface area contributed by atoms with Crippen molar-refractivity contribution < 1.29 is 8.42 Å². The van der Waals surface area contributed by atoms with Crippen LogP contribution in [0.5, 0.6) is 0 Å². The Bertz CT molecular complexity index is 395. The van der Waals surface area contributed by atoms with Crippen molar-refractivity contribution in [1.29, 1.82) is 0 Å². The van der Waals surface area contributed by atoms with Gasteiger partial charge in [0.25, 0.3) is 0 Å². The molecule has 0 saturated carbocycles. The van der Waals surface area contributed by atoms with Crippen molar-refractivity contribution in [3.63, 3.8) is 0 Å². The van der Waals surface area contributed by atoms with Crippen molar-refractivity contribution in [3.05, 3.63) is 22.4 Å². The summed E-state index contributed by atoms with van der Waals surface area (Å²) in [6.07, 6.45) is 0. The lowest BCUT2D eigenvalue weighted by Gasteiger charge is -2.25. The van der Waals surface area contributed by atoms with E-state index in [-0.39, 0.29) is 11.3 Å². The molecule has 5 heteroatoms. The molecule has 0 bridgehead atoms. The molecule has 1 atom stereocenters. The molecule has 1 rings (SSSR count). The van der Waals surface area contributed by atoms with Gasteiger partial charge in [-0.15, -0.1) is 11.3 Å². The van der Waals surface area contributed by atoms with E-state index in [2.05, 4.69) is 0 Å². The minimum absolute atomic E-state index is 0.0857. The third-order valence-electron chi connectivity index (χ3n) is 2.50. The van der Waals surface area contributed by atoms with Gasteiger partial charge in [0.2, 0.25) is 10.0 Å². The summed E-state index contributed by atoms with van der Waals surface area (Å²) in [7, 11) is -1.52. The summed E-state index contributed by atoms with van der Waals surface area (Å²) in [6, 6.07) is 3.81. The van der Waals surface area contributed by atoms with Crippen LogP contribution in [-0.4, -0.2) is 25.0 Å². The molecule has 0 N–H and O–H groups in total. The first kappa shape index (κ1) is 12.7. The molecule has 0 aliphatic rings. The van der Waals surface area contributed by atoms with E-state index in [4.69, 9.17) is 0 Å². The van der Waals surface area contributed by atoms with Crippen molar-refractivity contribution in [2.24, 2.45) is 0 Å². The van der Waals surface area contributed by atoms with Gasteiger partial charge in [-0.3, -0.25) is 0 Å². The maximum Gasteiger partial charge on any atom is 0.216 e. The van der Waals surface area contributed by atoms with Crippen molar-refractivity contribution in [1.82, 2.24) is 4.31 Å². The van der Waals surface area contributed by atoms with Crippen LogP contribution in [0.3, 0.4) is 0 Å². The minimum atomic E-state index is -3.16. The van der Waals surface area contributed by atoms with E-state index in [9.17, 15) is 8.42 Å². The van der Waals surface area contributed by atoms with Gasteiger partial charge in [0.05, 0.1) is 11.3 Å². The SMILES string of the molecule is CC(c1cccs1)N(C)S(=O)(=O)C(C)C. The summed E-state index contributed by atoms with van der Waals surface area (Å²) in [6.45, 7) is 5.31. The summed E-state index contributed by atoms with van der Waals surface area (Å²) >= 11 is 1.58. The number of nitrogens with zero attached hydrogens (tertiary/aromatic N) is 1. The standard InChI is InChI=1S/C10H17NO2S2/c1-8(2)15(12,13)11(4)9(3)10-6-5-7-14-10/h5-9H,1-4H3. The molecule has 86 valence electrons. The normalized spacial score (nSPS) is 14.8. The second-order valence-electron chi connectivity index (χ2n) is 3.80. The molecule has 15 heavy (non-hydrogen) atoms. The zero-order valence-electron chi connectivity index (χ0n) is 9.47. The van der Waals surface area contributed by atoms with E-state index in [0.717, 1.165) is 4.88 Å². The highest BCUT2D eigenvalue weighted by molar-refractivity contribution is 7.89. The largest absolute Gasteiger partial charge is 0.216 e. The van der Waals surface area contributed by atoms with Crippen LogP contribution in [0.1, 0.15) is 31.7 Å². The van der Waals surface area contributed by atoms with E-state index >= 15 is 0 Å². The topological polar surface area (TPSA) is 37.4 Å². The molecule has 3 nitrogen and oxygen atoms in total. The Hall–Kier alpha value is -0.390. The minimum Gasteiger partial charge on any atom is -0.212 e. The summed E-state index contributed by atoms with van der Waals surface area (Å²) in [4.78, 5) is 1.07. The van der Waals surface area contributed by atoms with Gasteiger partial charge < -0.3 is 0 Å². The molecule has 0 saturated heterocycles. The van der Waals surface area contributed by atoms with Gasteiger partial charge in [0, 0.05) is 11.9 Å². The smallest absolute Gasteiger partial charge is 0.212 e. The second-order valence-corrected chi connectivity index (χ2v) is 7.33. The van der Waals surface area contributed by atoms with Gasteiger partial charge in [0.1, 0.15) is 0 Å². The van der Waals surface area contributed by atoms with Crippen molar-refractivity contribution in [2.45, 2.75) is 32.1 Å². The zero-order valence-corrected chi connectivity index (χ0v) is 11.1. The van der Waals surface area contributed by atoms with Gasteiger partial charge in [-0.2, -0.15) is 4.31 Å². The number of sulfonamides is 1. The quantitative estimate of drug-likeness (QED) is 0.819. The van der Waals surface area contributed by atoms with Crippen LogP contribution in [-0.2, 0) is 10.0 Å². The first-order valence-corrected chi connectivity index (χ1v) is 7.26. The Labute approximate surface area is 95.8 Å². The van der Waals surface area contributed by atoms with Crippen LogP contribution in [0.25, 0.3) is 0 Å². The third-order valence-corrected chi connectivity index (χ3v) is 5.85. The molecule has 0 fully saturated rings. The van der Waals surface area contributed by atoms with Gasteiger partial charge in [-0.05, 0) is 32.2 Å². The molecule has 1 unspecified atom stereocenters. The number of thiophene rings is 1. The van der Waals surface area contributed by atoms with Gasteiger partial charge in [-0.1, -0.05) is 6.07 Å². The van der Waals surface area contributed by atoms with Crippen molar-refractivity contribution in [2.75, 3.05) is 7.05 Å². The zero-order chi connectivity index (χ0) is 11.6. The van der Waals surface area contributed by atoms with Crippen molar-refractivity contribution >= 4 is 21.4 Å². The van der Waals surface area contributed by atoms with Gasteiger partial charge >= 0.3 is 0 Å². The second kappa shape index (κ2) is 4.63. The molecule has 0 aromatic carbocycles. The molecular weight excluding hydrogens is 230 g/mol. The molecule has 1 heterocycles. The fourth-order valence-corrected chi connectivity index (χ4v) is 3.37. The Morgan fingerprint density at radius 1 is 1.33 bits per heavy atom. The van der Waals surface area contributed by atoms with E-state index in [1.165, 1.54) is 4.31 Å². The van der Waals surface area contributed by atoms with Crippen LogP contribution >= 0.6 is 11.3 Å². The number of hydrogen-bond acceptors (Lipinski definition) is 3. The maximum absolute atomic E-state index is 11.9. The highest BCUT2D eigenvalue weighted by Crippen LogP contribution is 2.26. The van der Waals surface area contributed by atoms with Crippen molar-refractivity contribution in [3.8, 4) is 0 Å². The highest BCUT2D eigenvalue weighted by Gasteiger charge is 2.27. The monoisotopic (exact) mass is 247 g/mol. The highest BCUT2D eigenvalue weighted by atomic mass is 32.2. The molecule has 0 aliphatic carbocycles. The fraction of sp³-hybridized carbons (Fsp3) is 0.600. The Morgan fingerprint density at radius 2 is 1.93 bits per heavy atom. The predicted octanol–water partition coefficient (Wildman–Crippen LogP) is 2.48. The summed E-state index contributed by atoms with van der Waals surface area (Å²) < 4.78 is 25.2. The molecule has 1 aromatic heterocycles. The Balaban J connectivity index is 2.91. The fourth-order valence-electron chi connectivity index (χ4n) is 1.26. The average Bonchev–Trinajstić information content (AvgIpc) is 2.67. The summed E-state index contributed by atoms with van der Waals surface area (Å²) in [5.41, 5.74) is 0. The molecular formula is C10H17NO2S2. The third kappa shape index (κ3) is 2.59. The number of rotatable bonds is 4. The van der Waals surface area contributed by atoms with Crippen LogP contribution in [0, 0.1) is 0 Å². The van der Waals surface area contributed by atoms with E-state index in [0.29, 0.717) is 0 Å². The predicted molar refractivity (Wildman–Crippen MR) is 64.6 cm³/mol. The molecule has 0 spiro atoms. The molecule has 1 aromatic rings. The van der Waals surface area contributed by atoms with Crippen LogP contribution in [0.2, 0.25) is 0 Å². The van der Waals surface area contributed by atoms with Gasteiger partial charge in [-0.25, -0.2) is 8.42 Å². The lowest BCUT2D eigenvalue weighted by molar-refractivity contribution is 0.398.